The zero-order valence-corrected chi connectivity index (χ0v) is 20.0. The van der Waals surface area contributed by atoms with Gasteiger partial charge < -0.3 is 9.30 Å². The summed E-state index contributed by atoms with van der Waals surface area (Å²) in [6.07, 6.45) is 1.75. The van der Waals surface area contributed by atoms with Gasteiger partial charge >= 0.3 is 0 Å². The van der Waals surface area contributed by atoms with Gasteiger partial charge in [0.2, 0.25) is 10.0 Å². The van der Waals surface area contributed by atoms with Crippen molar-refractivity contribution in [1.82, 2.24) is 8.87 Å². The predicted molar refractivity (Wildman–Crippen MR) is 126 cm³/mol. The van der Waals surface area contributed by atoms with Crippen molar-refractivity contribution < 1.29 is 17.9 Å². The lowest BCUT2D eigenvalue weighted by molar-refractivity contribution is 0.0996. The standard InChI is InChI=1S/C22H24ClN3O4S2/c1-2-30-14-13-26-19-10-7-17(23)15-20(19)31-22(26)24-21(27)16-5-8-18(9-6-16)32(28,29)25-11-3-4-12-25/h5-10,15H,2-4,11-14H2,1H3. The van der Waals surface area contributed by atoms with Crippen LogP contribution < -0.4 is 4.80 Å². The molecule has 1 aliphatic heterocycles. The molecule has 1 aliphatic rings. The van der Waals surface area contributed by atoms with E-state index < -0.39 is 15.9 Å². The minimum Gasteiger partial charge on any atom is -0.380 e. The minimum atomic E-state index is -3.52. The molecular formula is C22H24ClN3O4S2. The molecule has 1 amide bonds. The number of benzene rings is 2. The monoisotopic (exact) mass is 493 g/mol. The first-order chi connectivity index (χ1) is 15.4. The maximum Gasteiger partial charge on any atom is 0.279 e. The molecule has 4 rings (SSSR count). The van der Waals surface area contributed by atoms with Crippen LogP contribution in [-0.2, 0) is 21.3 Å². The van der Waals surface area contributed by atoms with E-state index >= 15 is 0 Å². The van der Waals surface area contributed by atoms with E-state index in [-0.39, 0.29) is 4.90 Å². The molecule has 32 heavy (non-hydrogen) atoms. The molecule has 0 spiro atoms. The summed E-state index contributed by atoms with van der Waals surface area (Å²) in [7, 11) is -3.52. The molecule has 3 aromatic rings. The van der Waals surface area contributed by atoms with Crippen molar-refractivity contribution in [2.24, 2.45) is 4.99 Å². The maximum atomic E-state index is 12.9. The molecule has 0 bridgehead atoms. The van der Waals surface area contributed by atoms with E-state index in [0.717, 1.165) is 23.1 Å². The zero-order chi connectivity index (χ0) is 22.7. The number of halogens is 1. The van der Waals surface area contributed by atoms with Gasteiger partial charge in [0.15, 0.2) is 4.80 Å². The number of rotatable bonds is 7. The van der Waals surface area contributed by atoms with Crippen LogP contribution in [-0.4, -0.2) is 49.5 Å². The fourth-order valence-electron chi connectivity index (χ4n) is 3.65. The molecule has 0 unspecified atom stereocenters. The van der Waals surface area contributed by atoms with E-state index in [4.69, 9.17) is 16.3 Å². The summed E-state index contributed by atoms with van der Waals surface area (Å²) >= 11 is 7.51. The lowest BCUT2D eigenvalue weighted by Gasteiger charge is -2.15. The molecule has 1 fully saturated rings. The molecular weight excluding hydrogens is 470 g/mol. The third-order valence-electron chi connectivity index (χ3n) is 5.31. The first kappa shape index (κ1) is 23.1. The largest absolute Gasteiger partial charge is 0.380 e. The Morgan fingerprint density at radius 1 is 1.16 bits per heavy atom. The second-order valence-electron chi connectivity index (χ2n) is 7.40. The van der Waals surface area contributed by atoms with E-state index in [1.807, 2.05) is 23.6 Å². The molecule has 0 aliphatic carbocycles. The molecule has 1 aromatic heterocycles. The fourth-order valence-corrected chi connectivity index (χ4v) is 6.49. The number of thiazole rings is 1. The number of amides is 1. The van der Waals surface area contributed by atoms with E-state index in [0.29, 0.717) is 48.2 Å². The number of hydrogen-bond donors (Lipinski definition) is 0. The third-order valence-corrected chi connectivity index (χ3v) is 8.50. The highest BCUT2D eigenvalue weighted by Crippen LogP contribution is 2.23. The lowest BCUT2D eigenvalue weighted by Crippen LogP contribution is -2.27. The number of carbonyl (C=O) groups is 1. The van der Waals surface area contributed by atoms with Crippen molar-refractivity contribution in [1.29, 1.82) is 0 Å². The lowest BCUT2D eigenvalue weighted by atomic mass is 10.2. The summed E-state index contributed by atoms with van der Waals surface area (Å²) in [5.41, 5.74) is 1.26. The second kappa shape index (κ2) is 9.84. The van der Waals surface area contributed by atoms with Crippen LogP contribution in [0.5, 0.6) is 0 Å². The van der Waals surface area contributed by atoms with E-state index in [1.54, 1.807) is 6.07 Å². The Kier molecular flexibility index (Phi) is 7.11. The van der Waals surface area contributed by atoms with Crippen LogP contribution in [0.3, 0.4) is 0 Å². The Bertz CT molecular complexity index is 1290. The molecule has 7 nitrogen and oxygen atoms in total. The number of aromatic nitrogens is 1. The minimum absolute atomic E-state index is 0.194. The molecule has 0 saturated carbocycles. The van der Waals surface area contributed by atoms with Gasteiger partial charge in [-0.25, -0.2) is 8.42 Å². The average Bonchev–Trinajstić information content (AvgIpc) is 3.43. The number of ether oxygens (including phenoxy) is 1. The Hall–Kier alpha value is -2.04. The first-order valence-corrected chi connectivity index (χ1v) is 13.1. The van der Waals surface area contributed by atoms with Gasteiger partial charge in [0.05, 0.1) is 21.7 Å². The Morgan fingerprint density at radius 2 is 1.88 bits per heavy atom. The van der Waals surface area contributed by atoms with Crippen LogP contribution in [0.1, 0.15) is 30.1 Å². The van der Waals surface area contributed by atoms with Crippen LogP contribution >= 0.6 is 22.9 Å². The van der Waals surface area contributed by atoms with E-state index in [2.05, 4.69) is 4.99 Å². The van der Waals surface area contributed by atoms with Crippen LogP contribution in [0.25, 0.3) is 10.2 Å². The topological polar surface area (TPSA) is 81.0 Å². The van der Waals surface area contributed by atoms with Crippen LogP contribution in [0, 0.1) is 0 Å². The Balaban J connectivity index is 1.65. The van der Waals surface area contributed by atoms with Crippen LogP contribution in [0.15, 0.2) is 52.4 Å². The zero-order valence-electron chi connectivity index (χ0n) is 17.7. The van der Waals surface area contributed by atoms with Gasteiger partial charge in [0.1, 0.15) is 0 Å². The van der Waals surface area contributed by atoms with Crippen molar-refractivity contribution in [3.05, 3.63) is 57.9 Å². The number of carbonyl (C=O) groups excluding carboxylic acids is 1. The van der Waals surface area contributed by atoms with Crippen molar-refractivity contribution >= 4 is 49.1 Å². The first-order valence-electron chi connectivity index (χ1n) is 10.5. The fraction of sp³-hybridized carbons (Fsp3) is 0.364. The summed E-state index contributed by atoms with van der Waals surface area (Å²) in [6.45, 7) is 4.65. The number of hydrogen-bond acceptors (Lipinski definition) is 5. The summed E-state index contributed by atoms with van der Waals surface area (Å²) in [6, 6.07) is 11.5. The van der Waals surface area contributed by atoms with Gasteiger partial charge in [-0.1, -0.05) is 22.9 Å². The Labute approximate surface area is 196 Å². The predicted octanol–water partition coefficient (Wildman–Crippen LogP) is 3.92. The molecule has 1 saturated heterocycles. The molecule has 10 heteroatoms. The van der Waals surface area contributed by atoms with Gasteiger partial charge in [-0.05, 0) is 62.2 Å². The highest BCUT2D eigenvalue weighted by Gasteiger charge is 2.27. The molecule has 170 valence electrons. The quantitative estimate of drug-likeness (QED) is 0.467. The van der Waals surface area contributed by atoms with Gasteiger partial charge in [0.25, 0.3) is 5.91 Å². The summed E-state index contributed by atoms with van der Waals surface area (Å²) in [5.74, 6) is -0.432. The van der Waals surface area contributed by atoms with Gasteiger partial charge in [-0.2, -0.15) is 9.30 Å². The number of fused-ring (bicyclic) bond motifs is 1. The van der Waals surface area contributed by atoms with Crippen LogP contribution in [0.4, 0.5) is 0 Å². The van der Waals surface area contributed by atoms with E-state index in [9.17, 15) is 13.2 Å². The van der Waals surface area contributed by atoms with Gasteiger partial charge in [-0.15, -0.1) is 0 Å². The number of nitrogens with zero attached hydrogens (tertiary/aromatic N) is 3. The molecule has 2 heterocycles. The normalized spacial score (nSPS) is 15.6. The second-order valence-corrected chi connectivity index (χ2v) is 10.8. The summed E-state index contributed by atoms with van der Waals surface area (Å²) < 4.78 is 35.2. The van der Waals surface area contributed by atoms with Crippen molar-refractivity contribution in [3.8, 4) is 0 Å². The highest BCUT2D eigenvalue weighted by atomic mass is 35.5. The van der Waals surface area contributed by atoms with Crippen molar-refractivity contribution in [3.63, 3.8) is 0 Å². The third kappa shape index (κ3) is 4.82. The molecule has 0 radical (unpaired) electrons. The van der Waals surface area contributed by atoms with Crippen LogP contribution in [0.2, 0.25) is 5.02 Å². The SMILES string of the molecule is CCOCCn1c(=NC(=O)c2ccc(S(=O)(=O)N3CCCC3)cc2)sc2cc(Cl)ccc21. The van der Waals surface area contributed by atoms with Gasteiger partial charge in [-0.3, -0.25) is 4.79 Å². The average molecular weight is 494 g/mol. The van der Waals surface area contributed by atoms with Crippen molar-refractivity contribution in [2.75, 3.05) is 26.3 Å². The molecule has 2 aromatic carbocycles. The Morgan fingerprint density at radius 3 is 2.56 bits per heavy atom. The molecule has 0 atom stereocenters. The van der Waals surface area contributed by atoms with E-state index in [1.165, 1.54) is 39.9 Å². The summed E-state index contributed by atoms with van der Waals surface area (Å²) in [5, 5.41) is 0.614. The summed E-state index contributed by atoms with van der Waals surface area (Å²) in [4.78, 5) is 17.9. The van der Waals surface area contributed by atoms with Crippen molar-refractivity contribution in [2.45, 2.75) is 31.2 Å². The highest BCUT2D eigenvalue weighted by molar-refractivity contribution is 7.89. The maximum absolute atomic E-state index is 12.9. The molecule has 0 N–H and O–H groups in total. The van der Waals surface area contributed by atoms with Gasteiger partial charge in [0, 0.05) is 36.8 Å². The number of sulfonamides is 1. The smallest absolute Gasteiger partial charge is 0.279 e.